The molecule has 0 aliphatic carbocycles. The van der Waals surface area contributed by atoms with Gasteiger partial charge in [0.15, 0.2) is 0 Å². The zero-order valence-electron chi connectivity index (χ0n) is 11.4. The first-order valence-corrected chi connectivity index (χ1v) is 8.32. The van der Waals surface area contributed by atoms with E-state index in [1.165, 1.54) is 0 Å². The second-order valence-electron chi connectivity index (χ2n) is 3.69. The Balaban J connectivity index is 4.39. The topological polar surface area (TPSA) is 75.3 Å². The molecule has 0 aromatic carbocycles. The predicted octanol–water partition coefficient (Wildman–Crippen LogP) is 2.48. The van der Waals surface area contributed by atoms with E-state index < -0.39 is 14.7 Å². The number of rotatable bonds is 10. The predicted molar refractivity (Wildman–Crippen MR) is 69.4 cm³/mol. The molecule has 0 radical (unpaired) electrons. The fraction of sp³-hybridized carbons (Fsp3) is 0.833. The fourth-order valence-corrected chi connectivity index (χ4v) is 4.32. The molecule has 5 nitrogen and oxygen atoms in total. The standard InChI is InChI=1S/C12H22N2O3Si/c1-4-15-18(16-5-2,17-6-3)9-7-8-12(10-13)11-14/h12H,4-9H2,1-3H3. The first-order valence-electron chi connectivity index (χ1n) is 6.39. The van der Waals surface area contributed by atoms with E-state index in [1.54, 1.807) is 0 Å². The highest BCUT2D eigenvalue weighted by Crippen LogP contribution is 2.20. The molecule has 6 heteroatoms. The highest BCUT2D eigenvalue weighted by Gasteiger charge is 2.39. The molecular formula is C12H22N2O3Si. The minimum absolute atomic E-state index is 0.537. The molecule has 0 atom stereocenters. The van der Waals surface area contributed by atoms with E-state index in [-0.39, 0.29) is 0 Å². The zero-order chi connectivity index (χ0) is 13.9. The molecule has 0 aliphatic heterocycles. The van der Waals surface area contributed by atoms with Gasteiger partial charge in [-0.3, -0.25) is 0 Å². The van der Waals surface area contributed by atoms with E-state index in [4.69, 9.17) is 23.8 Å². The Morgan fingerprint density at radius 2 is 1.39 bits per heavy atom. The van der Waals surface area contributed by atoms with Gasteiger partial charge < -0.3 is 13.3 Å². The van der Waals surface area contributed by atoms with Crippen molar-refractivity contribution in [2.45, 2.75) is 39.7 Å². The Morgan fingerprint density at radius 3 is 1.72 bits per heavy atom. The lowest BCUT2D eigenvalue weighted by Gasteiger charge is -2.28. The van der Waals surface area contributed by atoms with Crippen molar-refractivity contribution in [1.82, 2.24) is 0 Å². The van der Waals surface area contributed by atoms with Crippen LogP contribution in [0.1, 0.15) is 33.6 Å². The monoisotopic (exact) mass is 270 g/mol. The van der Waals surface area contributed by atoms with Crippen molar-refractivity contribution in [3.05, 3.63) is 0 Å². The van der Waals surface area contributed by atoms with E-state index >= 15 is 0 Å². The third-order valence-electron chi connectivity index (χ3n) is 2.38. The van der Waals surface area contributed by atoms with Gasteiger partial charge in [0.1, 0.15) is 5.92 Å². The Labute approximate surface area is 111 Å². The molecule has 0 aliphatic rings. The van der Waals surface area contributed by atoms with Crippen LogP contribution in [0, 0.1) is 28.6 Å². The molecule has 0 saturated carbocycles. The summed E-state index contributed by atoms with van der Waals surface area (Å²) < 4.78 is 17.1. The first-order chi connectivity index (χ1) is 8.67. The van der Waals surface area contributed by atoms with Gasteiger partial charge in [0, 0.05) is 25.9 Å². The van der Waals surface area contributed by atoms with E-state index in [2.05, 4.69) is 0 Å². The Bertz CT molecular complexity index is 268. The van der Waals surface area contributed by atoms with E-state index in [1.807, 2.05) is 32.9 Å². The summed E-state index contributed by atoms with van der Waals surface area (Å²) in [5.41, 5.74) is 0. The summed E-state index contributed by atoms with van der Waals surface area (Å²) in [6.07, 6.45) is 1.24. The van der Waals surface area contributed by atoms with Crippen LogP contribution < -0.4 is 0 Å². The average Bonchev–Trinajstić information content (AvgIpc) is 2.36. The van der Waals surface area contributed by atoms with Crippen molar-refractivity contribution in [1.29, 1.82) is 10.5 Å². The average molecular weight is 270 g/mol. The Hall–Kier alpha value is -0.923. The lowest BCUT2D eigenvalue weighted by Crippen LogP contribution is -2.45. The third-order valence-corrected chi connectivity index (χ3v) is 5.53. The van der Waals surface area contributed by atoms with Gasteiger partial charge in [-0.1, -0.05) is 0 Å². The molecular weight excluding hydrogens is 248 g/mol. The summed E-state index contributed by atoms with van der Waals surface area (Å²) in [4.78, 5) is 0. The van der Waals surface area contributed by atoms with Crippen LogP contribution in [0.4, 0.5) is 0 Å². The quantitative estimate of drug-likeness (QED) is 0.570. The van der Waals surface area contributed by atoms with Crippen LogP contribution in [0.5, 0.6) is 0 Å². The summed E-state index contributed by atoms with van der Waals surface area (Å²) in [7, 11) is -2.61. The van der Waals surface area contributed by atoms with Gasteiger partial charge in [-0.2, -0.15) is 10.5 Å². The molecule has 0 aromatic heterocycles. The van der Waals surface area contributed by atoms with Crippen molar-refractivity contribution in [3.63, 3.8) is 0 Å². The van der Waals surface area contributed by atoms with Crippen molar-refractivity contribution in [2.75, 3.05) is 19.8 Å². The molecule has 0 saturated heterocycles. The lowest BCUT2D eigenvalue weighted by atomic mass is 10.1. The molecule has 0 rings (SSSR count). The molecule has 0 unspecified atom stereocenters. The molecule has 0 bridgehead atoms. The molecule has 102 valence electrons. The molecule has 0 spiro atoms. The SMILES string of the molecule is CCO[Si](CCCC(C#N)C#N)(OCC)OCC. The van der Waals surface area contributed by atoms with Crippen LogP contribution in [0.15, 0.2) is 0 Å². The van der Waals surface area contributed by atoms with Crippen LogP contribution in [-0.2, 0) is 13.3 Å². The minimum atomic E-state index is -2.61. The lowest BCUT2D eigenvalue weighted by molar-refractivity contribution is 0.0706. The van der Waals surface area contributed by atoms with Crippen molar-refractivity contribution < 1.29 is 13.3 Å². The Kier molecular flexibility index (Phi) is 9.53. The fourth-order valence-electron chi connectivity index (χ4n) is 1.68. The van der Waals surface area contributed by atoms with Gasteiger partial charge in [-0.15, -0.1) is 0 Å². The van der Waals surface area contributed by atoms with Gasteiger partial charge in [-0.05, 0) is 33.6 Å². The first kappa shape index (κ1) is 17.1. The molecule has 0 aromatic rings. The van der Waals surface area contributed by atoms with Crippen LogP contribution in [0.3, 0.4) is 0 Å². The van der Waals surface area contributed by atoms with E-state index in [0.29, 0.717) is 38.7 Å². The van der Waals surface area contributed by atoms with Crippen LogP contribution in [-0.4, -0.2) is 28.6 Å². The maximum atomic E-state index is 8.71. The van der Waals surface area contributed by atoms with Crippen LogP contribution in [0.2, 0.25) is 6.04 Å². The number of hydrogen-bond acceptors (Lipinski definition) is 5. The second kappa shape index (κ2) is 10.0. The summed E-state index contributed by atoms with van der Waals surface area (Å²) in [5, 5.41) is 17.4. The Morgan fingerprint density at radius 1 is 0.944 bits per heavy atom. The van der Waals surface area contributed by atoms with Crippen LogP contribution in [0.25, 0.3) is 0 Å². The highest BCUT2D eigenvalue weighted by molar-refractivity contribution is 6.60. The summed E-state index contributed by atoms with van der Waals surface area (Å²) in [6.45, 7) is 7.37. The third kappa shape index (κ3) is 6.13. The highest BCUT2D eigenvalue weighted by atomic mass is 28.4. The number of nitrogens with zero attached hydrogens (tertiary/aromatic N) is 2. The largest absolute Gasteiger partial charge is 0.500 e. The van der Waals surface area contributed by atoms with Gasteiger partial charge >= 0.3 is 8.80 Å². The zero-order valence-corrected chi connectivity index (χ0v) is 12.4. The van der Waals surface area contributed by atoms with Gasteiger partial charge in [-0.25, -0.2) is 0 Å². The van der Waals surface area contributed by atoms with Gasteiger partial charge in [0.05, 0.1) is 12.1 Å². The molecule has 0 heterocycles. The van der Waals surface area contributed by atoms with Crippen molar-refractivity contribution >= 4 is 8.80 Å². The van der Waals surface area contributed by atoms with E-state index in [0.717, 1.165) is 0 Å². The minimum Gasteiger partial charge on any atom is -0.374 e. The molecule has 0 fully saturated rings. The number of nitriles is 2. The van der Waals surface area contributed by atoms with Gasteiger partial charge in [0.2, 0.25) is 0 Å². The maximum absolute atomic E-state index is 8.71. The maximum Gasteiger partial charge on any atom is 0.500 e. The summed E-state index contributed by atoms with van der Waals surface area (Å²) in [6, 6.07) is 4.59. The molecule has 0 N–H and O–H groups in total. The second-order valence-corrected chi connectivity index (χ2v) is 6.42. The summed E-state index contributed by atoms with van der Waals surface area (Å²) >= 11 is 0. The smallest absolute Gasteiger partial charge is 0.374 e. The normalized spacial score (nSPS) is 11.2. The molecule has 18 heavy (non-hydrogen) atoms. The van der Waals surface area contributed by atoms with Crippen LogP contribution >= 0.6 is 0 Å². The van der Waals surface area contributed by atoms with Gasteiger partial charge in [0.25, 0.3) is 0 Å². The van der Waals surface area contributed by atoms with E-state index in [9.17, 15) is 0 Å². The van der Waals surface area contributed by atoms with Crippen molar-refractivity contribution in [2.24, 2.45) is 5.92 Å². The molecule has 0 amide bonds. The van der Waals surface area contributed by atoms with Crippen molar-refractivity contribution in [3.8, 4) is 12.1 Å². The number of hydrogen-bond donors (Lipinski definition) is 0. The summed E-state index contributed by atoms with van der Waals surface area (Å²) in [5.74, 6) is -0.554.